The number of aliphatic hydroxyl groups is 1. The Kier molecular flexibility index (Phi) is 12.7. The van der Waals surface area contributed by atoms with E-state index in [1.807, 2.05) is 84.9 Å². The van der Waals surface area contributed by atoms with Crippen LogP contribution in [0.5, 0.6) is 0 Å². The lowest BCUT2D eigenvalue weighted by molar-refractivity contribution is -0.301. The summed E-state index contributed by atoms with van der Waals surface area (Å²) in [6.45, 7) is 2.01. The molecule has 0 radical (unpaired) electrons. The summed E-state index contributed by atoms with van der Waals surface area (Å²) in [5.41, 5.74) is 4.29. The maximum absolute atomic E-state index is 10.1. The molecule has 51 heavy (non-hydrogen) atoms. The van der Waals surface area contributed by atoms with Crippen molar-refractivity contribution in [1.82, 2.24) is 0 Å². The molecule has 0 saturated carbocycles. The summed E-state index contributed by atoms with van der Waals surface area (Å²) < 4.78 is 46.6. The molecule has 0 spiro atoms. The second-order valence-electron chi connectivity index (χ2n) is 13.4. The van der Waals surface area contributed by atoms with Gasteiger partial charge in [0.05, 0.1) is 51.3 Å². The molecular weight excluding hydrogens is 644 g/mol. The Labute approximate surface area is 300 Å². The minimum atomic E-state index is -0.462. The number of hydrogen-bond donors (Lipinski definition) is 1. The van der Waals surface area contributed by atoms with Crippen LogP contribution < -0.4 is 0 Å². The predicted octanol–water partition coefficient (Wildman–Crippen LogP) is 6.59. The van der Waals surface area contributed by atoms with Crippen molar-refractivity contribution in [3.63, 3.8) is 0 Å². The first kappa shape index (κ1) is 35.7. The molecule has 2 saturated heterocycles. The van der Waals surface area contributed by atoms with E-state index in [-0.39, 0.29) is 37.1 Å². The van der Waals surface area contributed by atoms with Crippen LogP contribution in [0.25, 0.3) is 0 Å². The van der Waals surface area contributed by atoms with Crippen LogP contribution in [0.1, 0.15) is 35.1 Å². The highest BCUT2D eigenvalue weighted by Gasteiger charge is 2.53. The van der Waals surface area contributed by atoms with Gasteiger partial charge in [-0.2, -0.15) is 0 Å². The molecule has 0 bridgehead atoms. The topological polar surface area (TPSA) is 84.8 Å². The van der Waals surface area contributed by atoms with E-state index in [4.69, 9.17) is 33.2 Å². The molecule has 3 aliphatic rings. The maximum atomic E-state index is 10.1. The Balaban J connectivity index is 1.11. The van der Waals surface area contributed by atoms with Crippen LogP contribution in [0.2, 0.25) is 0 Å². The fourth-order valence-electron chi connectivity index (χ4n) is 7.14. The number of aliphatic hydroxyl groups excluding tert-OH is 1. The summed E-state index contributed by atoms with van der Waals surface area (Å²) in [4.78, 5) is 0. The first-order chi connectivity index (χ1) is 25.2. The second kappa shape index (κ2) is 18.2. The molecule has 2 fully saturated rings. The van der Waals surface area contributed by atoms with E-state index in [1.54, 1.807) is 0 Å². The summed E-state index contributed by atoms with van der Waals surface area (Å²) in [5.74, 6) is 0. The molecule has 0 unspecified atom stereocenters. The minimum absolute atomic E-state index is 0.0357. The fourth-order valence-corrected chi connectivity index (χ4v) is 7.14. The lowest BCUT2D eigenvalue weighted by atomic mass is 9.87. The predicted molar refractivity (Wildman–Crippen MR) is 193 cm³/mol. The highest BCUT2D eigenvalue weighted by Crippen LogP contribution is 2.39. The Morgan fingerprint density at radius 1 is 0.529 bits per heavy atom. The van der Waals surface area contributed by atoms with Gasteiger partial charge in [-0.25, -0.2) is 0 Å². The van der Waals surface area contributed by atoms with Gasteiger partial charge in [-0.1, -0.05) is 133 Å². The smallest absolute Gasteiger partial charge is 0.115 e. The largest absolute Gasteiger partial charge is 0.396 e. The molecule has 8 nitrogen and oxygen atoms in total. The SMILES string of the molecule is OCC[C@@H]1O[C@@H]2C[C@@H]3O[C@H](COCc4ccccc4)[C@@H](OCc4ccccc4)C=C[C@H]3O[C@H]2[C@H](OCc2ccccc2)[C@H]1OCc1ccccc1. The molecule has 7 rings (SSSR count). The normalized spacial score (nSPS) is 28.8. The van der Waals surface area contributed by atoms with Gasteiger partial charge in [-0.15, -0.1) is 0 Å². The van der Waals surface area contributed by atoms with Crippen molar-refractivity contribution in [2.45, 2.75) is 94.2 Å². The van der Waals surface area contributed by atoms with Crippen LogP contribution in [0.15, 0.2) is 133 Å². The van der Waals surface area contributed by atoms with Gasteiger partial charge >= 0.3 is 0 Å². The van der Waals surface area contributed by atoms with E-state index < -0.39 is 24.4 Å². The number of ether oxygens (including phenoxy) is 7. The maximum Gasteiger partial charge on any atom is 0.115 e. The van der Waals surface area contributed by atoms with Crippen molar-refractivity contribution in [3.05, 3.63) is 156 Å². The van der Waals surface area contributed by atoms with E-state index in [0.717, 1.165) is 22.3 Å². The zero-order valence-electron chi connectivity index (χ0n) is 28.9. The van der Waals surface area contributed by atoms with Crippen LogP contribution >= 0.6 is 0 Å². The number of hydrogen-bond acceptors (Lipinski definition) is 8. The monoisotopic (exact) mass is 692 g/mol. The lowest BCUT2D eigenvalue weighted by Crippen LogP contribution is -2.64. The van der Waals surface area contributed by atoms with Crippen LogP contribution in [-0.4, -0.2) is 73.3 Å². The Morgan fingerprint density at radius 2 is 1.04 bits per heavy atom. The Bertz CT molecular complexity index is 1600. The first-order valence-corrected chi connectivity index (χ1v) is 18.1. The molecule has 4 aromatic rings. The third kappa shape index (κ3) is 9.60. The standard InChI is InChI=1S/C43H48O8/c44-24-23-37-41(47-28-33-17-9-3-10-18-33)43(48-29-34-19-11-4-12-20-34)42-39(49-37)25-38-36(51-42)22-21-35(46-27-32-15-7-2-8-16-32)40(50-38)30-45-26-31-13-5-1-6-14-31/h1-22,35-44H,23-30H2/t35-,36+,37-,38-,39+,40+,41-,42+,43+/m0/s1. The van der Waals surface area contributed by atoms with Crippen LogP contribution in [0, 0.1) is 0 Å². The summed E-state index contributed by atoms with van der Waals surface area (Å²) >= 11 is 0. The third-order valence-corrected chi connectivity index (χ3v) is 9.74. The average Bonchev–Trinajstić information content (AvgIpc) is 3.34. The van der Waals surface area contributed by atoms with Crippen molar-refractivity contribution in [2.24, 2.45) is 0 Å². The molecule has 0 amide bonds. The molecule has 3 aliphatic heterocycles. The van der Waals surface area contributed by atoms with Gasteiger partial charge in [-0.05, 0) is 28.7 Å². The van der Waals surface area contributed by atoms with E-state index in [0.29, 0.717) is 45.9 Å². The molecule has 9 atom stereocenters. The van der Waals surface area contributed by atoms with E-state index >= 15 is 0 Å². The molecule has 0 aromatic heterocycles. The van der Waals surface area contributed by atoms with Gasteiger partial charge in [0.1, 0.15) is 36.6 Å². The zero-order chi connectivity index (χ0) is 34.7. The van der Waals surface area contributed by atoms with E-state index in [1.165, 1.54) is 0 Å². The van der Waals surface area contributed by atoms with Gasteiger partial charge in [-0.3, -0.25) is 0 Å². The molecule has 3 heterocycles. The highest BCUT2D eigenvalue weighted by atomic mass is 16.6. The van der Waals surface area contributed by atoms with E-state index in [2.05, 4.69) is 48.6 Å². The number of benzene rings is 4. The Hall–Kier alpha value is -3.70. The molecule has 0 aliphatic carbocycles. The van der Waals surface area contributed by atoms with Gasteiger partial charge in [0, 0.05) is 13.0 Å². The fraction of sp³-hybridized carbons (Fsp3) is 0.395. The van der Waals surface area contributed by atoms with Crippen LogP contribution in [-0.2, 0) is 59.6 Å². The van der Waals surface area contributed by atoms with Crippen molar-refractivity contribution in [2.75, 3.05) is 13.2 Å². The van der Waals surface area contributed by atoms with Crippen LogP contribution in [0.3, 0.4) is 0 Å². The quantitative estimate of drug-likeness (QED) is 0.140. The second-order valence-corrected chi connectivity index (χ2v) is 13.4. The lowest BCUT2D eigenvalue weighted by Gasteiger charge is -2.51. The summed E-state index contributed by atoms with van der Waals surface area (Å²) in [6, 6.07) is 40.5. The summed E-state index contributed by atoms with van der Waals surface area (Å²) in [7, 11) is 0. The third-order valence-electron chi connectivity index (χ3n) is 9.74. The first-order valence-electron chi connectivity index (χ1n) is 18.1. The van der Waals surface area contributed by atoms with Gasteiger partial charge in [0.2, 0.25) is 0 Å². The summed E-state index contributed by atoms with van der Waals surface area (Å²) in [5, 5.41) is 10.1. The van der Waals surface area contributed by atoms with Crippen LogP contribution in [0.4, 0.5) is 0 Å². The van der Waals surface area contributed by atoms with Gasteiger partial charge in [0.15, 0.2) is 0 Å². The van der Waals surface area contributed by atoms with Crippen molar-refractivity contribution in [3.8, 4) is 0 Å². The average molecular weight is 693 g/mol. The van der Waals surface area contributed by atoms with Crippen molar-refractivity contribution < 1.29 is 38.3 Å². The molecule has 4 aromatic carbocycles. The van der Waals surface area contributed by atoms with Crippen molar-refractivity contribution in [1.29, 1.82) is 0 Å². The molecular formula is C43H48O8. The number of rotatable bonds is 15. The minimum Gasteiger partial charge on any atom is -0.396 e. The molecule has 8 heteroatoms. The van der Waals surface area contributed by atoms with Gasteiger partial charge < -0.3 is 38.3 Å². The summed E-state index contributed by atoms with van der Waals surface area (Å²) in [6.07, 6.45) is 1.69. The van der Waals surface area contributed by atoms with Crippen molar-refractivity contribution >= 4 is 0 Å². The Morgan fingerprint density at radius 3 is 1.61 bits per heavy atom. The van der Waals surface area contributed by atoms with E-state index in [9.17, 15) is 5.11 Å². The number of fused-ring (bicyclic) bond motifs is 2. The highest BCUT2D eigenvalue weighted by molar-refractivity contribution is 5.17. The molecule has 1 N–H and O–H groups in total. The van der Waals surface area contributed by atoms with Gasteiger partial charge in [0.25, 0.3) is 0 Å². The zero-order valence-corrected chi connectivity index (χ0v) is 28.9. The molecule has 268 valence electrons.